The minimum atomic E-state index is -0.143. The molecule has 0 spiro atoms. The van der Waals surface area contributed by atoms with E-state index in [0.717, 1.165) is 18.5 Å². The molecular formula is C10H13ClFN. The Morgan fingerprint density at radius 3 is 2.77 bits per heavy atom. The molecule has 0 aromatic heterocycles. The van der Waals surface area contributed by atoms with Crippen LogP contribution in [0.15, 0.2) is 24.3 Å². The van der Waals surface area contributed by atoms with Crippen LogP contribution in [0.5, 0.6) is 0 Å². The molecule has 0 amide bonds. The van der Waals surface area contributed by atoms with E-state index in [0.29, 0.717) is 11.8 Å². The Bertz CT molecular complexity index is 290. The van der Waals surface area contributed by atoms with Crippen LogP contribution in [0.25, 0.3) is 0 Å². The Morgan fingerprint density at radius 2 is 2.23 bits per heavy atom. The fourth-order valence-corrected chi connectivity index (χ4v) is 1.65. The van der Waals surface area contributed by atoms with Crippen LogP contribution in [0.1, 0.15) is 17.9 Å². The second kappa shape index (κ2) is 4.07. The van der Waals surface area contributed by atoms with E-state index in [1.807, 2.05) is 6.07 Å². The van der Waals surface area contributed by atoms with E-state index in [4.69, 9.17) is 5.73 Å². The van der Waals surface area contributed by atoms with Gasteiger partial charge in [-0.1, -0.05) is 12.1 Å². The van der Waals surface area contributed by atoms with E-state index in [-0.39, 0.29) is 18.2 Å². The molecule has 13 heavy (non-hydrogen) atoms. The van der Waals surface area contributed by atoms with Crippen molar-refractivity contribution in [3.05, 3.63) is 35.6 Å². The zero-order chi connectivity index (χ0) is 8.55. The molecule has 0 heterocycles. The molecule has 1 saturated carbocycles. The van der Waals surface area contributed by atoms with Gasteiger partial charge < -0.3 is 5.73 Å². The van der Waals surface area contributed by atoms with Crippen LogP contribution < -0.4 is 5.73 Å². The lowest BCUT2D eigenvalue weighted by Crippen LogP contribution is -2.01. The van der Waals surface area contributed by atoms with Crippen LogP contribution in [0.4, 0.5) is 4.39 Å². The van der Waals surface area contributed by atoms with Gasteiger partial charge in [0, 0.05) is 0 Å². The molecule has 1 aromatic rings. The second-order valence-corrected chi connectivity index (χ2v) is 3.39. The van der Waals surface area contributed by atoms with Gasteiger partial charge in [0.25, 0.3) is 0 Å². The highest BCUT2D eigenvalue weighted by molar-refractivity contribution is 5.85. The van der Waals surface area contributed by atoms with Crippen molar-refractivity contribution < 1.29 is 4.39 Å². The highest BCUT2D eigenvalue weighted by Gasteiger charge is 2.36. The third kappa shape index (κ3) is 2.20. The maximum atomic E-state index is 12.8. The number of hydrogen-bond donors (Lipinski definition) is 1. The van der Waals surface area contributed by atoms with Gasteiger partial charge in [-0.2, -0.15) is 0 Å². The summed E-state index contributed by atoms with van der Waals surface area (Å²) in [4.78, 5) is 0. The molecule has 1 aliphatic rings. The first-order valence-electron chi connectivity index (χ1n) is 4.27. The van der Waals surface area contributed by atoms with Crippen molar-refractivity contribution in [2.75, 3.05) is 6.54 Å². The van der Waals surface area contributed by atoms with E-state index in [1.165, 1.54) is 6.07 Å². The molecule has 1 aliphatic carbocycles. The molecule has 3 heteroatoms. The number of benzene rings is 1. The largest absolute Gasteiger partial charge is 0.330 e. The standard InChI is InChI=1S/C10H12FN.ClH/c11-9-3-1-2-7(4-9)10-5-8(10)6-12;/h1-4,8,10H,5-6,12H2;1H/t8-,10-;/m0./s1. The van der Waals surface area contributed by atoms with Crippen molar-refractivity contribution in [3.8, 4) is 0 Å². The molecule has 72 valence electrons. The van der Waals surface area contributed by atoms with Crippen molar-refractivity contribution in [3.63, 3.8) is 0 Å². The molecule has 1 aromatic carbocycles. The van der Waals surface area contributed by atoms with E-state index in [2.05, 4.69) is 0 Å². The zero-order valence-corrected chi connectivity index (χ0v) is 8.06. The van der Waals surface area contributed by atoms with Gasteiger partial charge in [0.15, 0.2) is 0 Å². The van der Waals surface area contributed by atoms with Gasteiger partial charge >= 0.3 is 0 Å². The number of nitrogens with two attached hydrogens (primary N) is 1. The van der Waals surface area contributed by atoms with Crippen LogP contribution >= 0.6 is 12.4 Å². The van der Waals surface area contributed by atoms with E-state index >= 15 is 0 Å². The van der Waals surface area contributed by atoms with Crippen molar-refractivity contribution in [2.24, 2.45) is 11.7 Å². The van der Waals surface area contributed by atoms with Gasteiger partial charge in [-0.25, -0.2) is 4.39 Å². The smallest absolute Gasteiger partial charge is 0.123 e. The Hall–Kier alpha value is -0.600. The average molecular weight is 202 g/mol. The van der Waals surface area contributed by atoms with Crippen LogP contribution in [0.2, 0.25) is 0 Å². The SMILES string of the molecule is Cl.NC[C@@H]1C[C@H]1c1cccc(F)c1. The maximum Gasteiger partial charge on any atom is 0.123 e. The summed E-state index contributed by atoms with van der Waals surface area (Å²) in [6, 6.07) is 6.82. The predicted molar refractivity (Wildman–Crippen MR) is 53.6 cm³/mol. The fraction of sp³-hybridized carbons (Fsp3) is 0.400. The lowest BCUT2D eigenvalue weighted by Gasteiger charge is -1.98. The highest BCUT2D eigenvalue weighted by Crippen LogP contribution is 2.46. The summed E-state index contributed by atoms with van der Waals surface area (Å²) in [6.45, 7) is 0.723. The summed E-state index contributed by atoms with van der Waals surface area (Å²) in [5, 5.41) is 0. The van der Waals surface area contributed by atoms with E-state index in [1.54, 1.807) is 12.1 Å². The van der Waals surface area contributed by atoms with E-state index < -0.39 is 0 Å². The number of halogens is 2. The minimum Gasteiger partial charge on any atom is -0.330 e. The Labute approximate surface area is 83.5 Å². The van der Waals surface area contributed by atoms with Gasteiger partial charge in [0.05, 0.1) is 0 Å². The first-order valence-corrected chi connectivity index (χ1v) is 4.27. The molecule has 2 atom stereocenters. The van der Waals surface area contributed by atoms with Crippen LogP contribution in [0.3, 0.4) is 0 Å². The minimum absolute atomic E-state index is 0. The predicted octanol–water partition coefficient (Wildman–Crippen LogP) is 2.31. The molecule has 1 fully saturated rings. The summed E-state index contributed by atoms with van der Waals surface area (Å²) in [5.41, 5.74) is 6.61. The lowest BCUT2D eigenvalue weighted by molar-refractivity contribution is 0.624. The monoisotopic (exact) mass is 201 g/mol. The topological polar surface area (TPSA) is 26.0 Å². The van der Waals surface area contributed by atoms with Crippen molar-refractivity contribution in [1.29, 1.82) is 0 Å². The molecule has 0 saturated heterocycles. The molecule has 0 bridgehead atoms. The van der Waals surface area contributed by atoms with Gasteiger partial charge in [-0.3, -0.25) is 0 Å². The average Bonchev–Trinajstić information content (AvgIpc) is 2.83. The van der Waals surface area contributed by atoms with Crippen LogP contribution in [-0.4, -0.2) is 6.54 Å². The summed E-state index contributed by atoms with van der Waals surface area (Å²) in [6.07, 6.45) is 1.12. The fourth-order valence-electron chi connectivity index (χ4n) is 1.65. The third-order valence-corrected chi connectivity index (χ3v) is 2.50. The summed E-state index contributed by atoms with van der Waals surface area (Å²) < 4.78 is 12.8. The molecule has 0 unspecified atom stereocenters. The first-order chi connectivity index (χ1) is 5.81. The van der Waals surface area contributed by atoms with Crippen LogP contribution in [-0.2, 0) is 0 Å². The summed E-state index contributed by atoms with van der Waals surface area (Å²) >= 11 is 0. The maximum absolute atomic E-state index is 12.8. The van der Waals surface area contributed by atoms with Crippen LogP contribution in [0, 0.1) is 11.7 Å². The summed E-state index contributed by atoms with van der Waals surface area (Å²) in [7, 11) is 0. The van der Waals surface area contributed by atoms with E-state index in [9.17, 15) is 4.39 Å². The second-order valence-electron chi connectivity index (χ2n) is 3.39. The summed E-state index contributed by atoms with van der Waals surface area (Å²) in [5.74, 6) is 0.965. The van der Waals surface area contributed by atoms with Crippen molar-refractivity contribution >= 4 is 12.4 Å². The lowest BCUT2D eigenvalue weighted by atomic mass is 10.1. The normalized spacial score (nSPS) is 25.1. The number of rotatable bonds is 2. The number of hydrogen-bond acceptors (Lipinski definition) is 1. The quantitative estimate of drug-likeness (QED) is 0.781. The van der Waals surface area contributed by atoms with Crippen molar-refractivity contribution in [1.82, 2.24) is 0 Å². The van der Waals surface area contributed by atoms with Crippen molar-refractivity contribution in [2.45, 2.75) is 12.3 Å². The molecule has 0 aliphatic heterocycles. The van der Waals surface area contributed by atoms with Gasteiger partial charge in [0.2, 0.25) is 0 Å². The van der Waals surface area contributed by atoms with Gasteiger partial charge in [-0.05, 0) is 42.5 Å². The zero-order valence-electron chi connectivity index (χ0n) is 7.24. The Morgan fingerprint density at radius 1 is 1.46 bits per heavy atom. The van der Waals surface area contributed by atoms with Gasteiger partial charge in [-0.15, -0.1) is 12.4 Å². The Kier molecular flexibility index (Phi) is 3.28. The van der Waals surface area contributed by atoms with Gasteiger partial charge in [0.1, 0.15) is 5.82 Å². The molecule has 1 nitrogen and oxygen atoms in total. The molecule has 2 rings (SSSR count). The molecular weight excluding hydrogens is 189 g/mol. The highest BCUT2D eigenvalue weighted by atomic mass is 35.5. The Balaban J connectivity index is 0.000000845. The third-order valence-electron chi connectivity index (χ3n) is 2.50. The molecule has 2 N–H and O–H groups in total. The molecule has 0 radical (unpaired) electrons. The first kappa shape index (κ1) is 10.5.